The van der Waals surface area contributed by atoms with Gasteiger partial charge in [-0.1, -0.05) is 51.4 Å². The Hall–Kier alpha value is -2.38. The summed E-state index contributed by atoms with van der Waals surface area (Å²) < 4.78 is 27.4. The van der Waals surface area contributed by atoms with E-state index in [9.17, 15) is 18.0 Å². The molecular formula is C22H27ClN2O4S. The Morgan fingerprint density at radius 1 is 1.00 bits per heavy atom. The summed E-state index contributed by atoms with van der Waals surface area (Å²) in [5.74, 6) is 0.0492. The van der Waals surface area contributed by atoms with Gasteiger partial charge in [0.2, 0.25) is 0 Å². The Morgan fingerprint density at radius 2 is 1.57 bits per heavy atom. The highest BCUT2D eigenvalue weighted by atomic mass is 35.5. The topological polar surface area (TPSA) is 92.3 Å². The number of hydrogen-bond donors (Lipinski definition) is 2. The second kappa shape index (κ2) is 9.62. The lowest BCUT2D eigenvalue weighted by Crippen LogP contribution is -2.35. The highest BCUT2D eigenvalue weighted by Gasteiger charge is 2.22. The van der Waals surface area contributed by atoms with E-state index in [1.807, 2.05) is 27.7 Å². The number of hydrogen-bond acceptors (Lipinski definition) is 4. The largest absolute Gasteiger partial charge is 0.333 e. The number of carbonyl (C=O) groups excluding carboxylic acids is 2. The molecule has 0 aliphatic carbocycles. The number of halogens is 1. The number of Topliss-reactive ketones (excluding diaryl/α,β-unsaturated/α-hetero) is 1. The summed E-state index contributed by atoms with van der Waals surface area (Å²) in [7, 11) is -4.11. The van der Waals surface area contributed by atoms with Crippen molar-refractivity contribution in [2.75, 3.05) is 5.32 Å². The van der Waals surface area contributed by atoms with E-state index in [-0.39, 0.29) is 28.9 Å². The van der Waals surface area contributed by atoms with Crippen molar-refractivity contribution in [1.82, 2.24) is 4.72 Å². The van der Waals surface area contributed by atoms with Gasteiger partial charge < -0.3 is 5.32 Å². The Balaban J connectivity index is 2.32. The first kappa shape index (κ1) is 23.9. The standard InChI is InChI=1S/C22H27ClN2O4S/c1-13(2)19-11-17(23)12-20(14(3)4)21(19)24-22(27)25-30(28,29)18-8-6-7-16(10-18)9-15(5)26/h6-8,10-14H,9H2,1-5H3,(H2,24,25,27). The number of carbonyl (C=O) groups is 2. The summed E-state index contributed by atoms with van der Waals surface area (Å²) in [5.41, 5.74) is 2.76. The van der Waals surface area contributed by atoms with Gasteiger partial charge in [0.25, 0.3) is 10.0 Å². The summed E-state index contributed by atoms with van der Waals surface area (Å²) in [4.78, 5) is 23.8. The average Bonchev–Trinajstić information content (AvgIpc) is 2.61. The molecule has 0 aromatic heterocycles. The molecule has 6 nitrogen and oxygen atoms in total. The zero-order valence-corrected chi connectivity index (χ0v) is 19.3. The molecule has 2 N–H and O–H groups in total. The summed E-state index contributed by atoms with van der Waals surface area (Å²) in [6.45, 7) is 9.30. The zero-order valence-electron chi connectivity index (χ0n) is 17.7. The van der Waals surface area contributed by atoms with Crippen LogP contribution < -0.4 is 10.0 Å². The highest BCUT2D eigenvalue weighted by molar-refractivity contribution is 7.90. The van der Waals surface area contributed by atoms with Gasteiger partial charge in [0.1, 0.15) is 5.78 Å². The number of rotatable bonds is 7. The van der Waals surface area contributed by atoms with Crippen LogP contribution in [0.1, 0.15) is 63.1 Å². The van der Waals surface area contributed by atoms with Crippen molar-refractivity contribution in [2.24, 2.45) is 0 Å². The van der Waals surface area contributed by atoms with Crippen LogP contribution in [-0.2, 0) is 21.2 Å². The first-order valence-corrected chi connectivity index (χ1v) is 11.5. The van der Waals surface area contributed by atoms with Gasteiger partial charge in [0.15, 0.2) is 0 Å². The fraction of sp³-hybridized carbons (Fsp3) is 0.364. The second-order valence-electron chi connectivity index (χ2n) is 7.85. The molecule has 8 heteroatoms. The maximum absolute atomic E-state index is 12.7. The summed E-state index contributed by atoms with van der Waals surface area (Å²) in [5, 5.41) is 3.26. The third-order valence-electron chi connectivity index (χ3n) is 4.54. The third kappa shape index (κ3) is 6.06. The van der Waals surface area contributed by atoms with Crippen molar-refractivity contribution < 1.29 is 18.0 Å². The molecule has 0 fully saturated rings. The van der Waals surface area contributed by atoms with Crippen molar-refractivity contribution in [3.63, 3.8) is 0 Å². The van der Waals surface area contributed by atoms with Gasteiger partial charge in [0.05, 0.1) is 4.90 Å². The molecule has 2 amide bonds. The number of benzene rings is 2. The summed E-state index contributed by atoms with van der Waals surface area (Å²) in [6, 6.07) is 8.65. The van der Waals surface area contributed by atoms with Crippen LogP contribution in [0.15, 0.2) is 41.3 Å². The molecular weight excluding hydrogens is 424 g/mol. The van der Waals surface area contributed by atoms with Crippen molar-refractivity contribution >= 4 is 39.1 Å². The molecule has 0 aliphatic rings. The molecule has 0 radical (unpaired) electrons. The number of amides is 2. The molecule has 2 aromatic rings. The smallest absolute Gasteiger partial charge is 0.307 e. The minimum atomic E-state index is -4.11. The van der Waals surface area contributed by atoms with E-state index in [2.05, 4.69) is 10.0 Å². The molecule has 0 bridgehead atoms. The quantitative estimate of drug-likeness (QED) is 0.604. The minimum absolute atomic E-state index is 0.0661. The van der Waals surface area contributed by atoms with Gasteiger partial charge >= 0.3 is 6.03 Å². The van der Waals surface area contributed by atoms with Crippen LogP contribution in [0.25, 0.3) is 0 Å². The number of urea groups is 1. The monoisotopic (exact) mass is 450 g/mol. The Kier molecular flexibility index (Phi) is 7.66. The lowest BCUT2D eigenvalue weighted by Gasteiger charge is -2.21. The maximum Gasteiger partial charge on any atom is 0.333 e. The van der Waals surface area contributed by atoms with Crippen LogP contribution in [0, 0.1) is 0 Å². The number of ketones is 1. The highest BCUT2D eigenvalue weighted by Crippen LogP contribution is 2.35. The maximum atomic E-state index is 12.7. The van der Waals surface area contributed by atoms with Gasteiger partial charge in [-0.2, -0.15) is 0 Å². The molecule has 0 spiro atoms. The van der Waals surface area contributed by atoms with Gasteiger partial charge in [-0.05, 0) is 59.7 Å². The second-order valence-corrected chi connectivity index (χ2v) is 9.97. The van der Waals surface area contributed by atoms with Crippen LogP contribution >= 0.6 is 11.6 Å². The summed E-state index contributed by atoms with van der Waals surface area (Å²) in [6.07, 6.45) is 0.121. The van der Waals surface area contributed by atoms with Crippen molar-refractivity contribution in [3.05, 3.63) is 58.1 Å². The zero-order chi connectivity index (χ0) is 22.6. The number of anilines is 1. The molecule has 0 saturated carbocycles. The predicted octanol–water partition coefficient (Wildman–Crippen LogP) is 5.23. The van der Waals surface area contributed by atoms with Crippen molar-refractivity contribution in [2.45, 2.75) is 57.8 Å². The SMILES string of the molecule is CC(=O)Cc1cccc(S(=O)(=O)NC(=O)Nc2c(C(C)C)cc(Cl)cc2C(C)C)c1. The van der Waals surface area contributed by atoms with E-state index >= 15 is 0 Å². The predicted molar refractivity (Wildman–Crippen MR) is 120 cm³/mol. The van der Waals surface area contributed by atoms with Crippen LogP contribution in [0.4, 0.5) is 10.5 Å². The number of sulfonamides is 1. The number of nitrogens with one attached hydrogen (secondary N) is 2. The van der Waals surface area contributed by atoms with Crippen LogP contribution in [-0.4, -0.2) is 20.2 Å². The van der Waals surface area contributed by atoms with Crippen LogP contribution in [0.5, 0.6) is 0 Å². The van der Waals surface area contributed by atoms with E-state index < -0.39 is 16.1 Å². The average molecular weight is 451 g/mol. The molecule has 2 aromatic carbocycles. The Bertz CT molecular complexity index is 1030. The van der Waals surface area contributed by atoms with Crippen molar-refractivity contribution in [1.29, 1.82) is 0 Å². The molecule has 0 aliphatic heterocycles. The first-order chi connectivity index (χ1) is 13.9. The van der Waals surface area contributed by atoms with E-state index in [4.69, 9.17) is 11.6 Å². The van der Waals surface area contributed by atoms with E-state index in [0.717, 1.165) is 11.1 Å². The fourth-order valence-electron chi connectivity index (χ4n) is 3.13. The lowest BCUT2D eigenvalue weighted by molar-refractivity contribution is -0.116. The lowest BCUT2D eigenvalue weighted by atomic mass is 9.92. The minimum Gasteiger partial charge on any atom is -0.307 e. The van der Waals surface area contributed by atoms with E-state index in [1.165, 1.54) is 25.1 Å². The third-order valence-corrected chi connectivity index (χ3v) is 6.08. The normalized spacial score (nSPS) is 11.6. The first-order valence-electron chi connectivity index (χ1n) is 9.66. The molecule has 0 saturated heterocycles. The van der Waals surface area contributed by atoms with Gasteiger partial charge in [-0.3, -0.25) is 4.79 Å². The van der Waals surface area contributed by atoms with Crippen LogP contribution in [0.2, 0.25) is 5.02 Å². The van der Waals surface area contributed by atoms with Gasteiger partial charge in [-0.25, -0.2) is 17.9 Å². The molecule has 2 rings (SSSR count). The Morgan fingerprint density at radius 3 is 2.07 bits per heavy atom. The molecule has 30 heavy (non-hydrogen) atoms. The van der Waals surface area contributed by atoms with Crippen LogP contribution in [0.3, 0.4) is 0 Å². The van der Waals surface area contributed by atoms with E-state index in [0.29, 0.717) is 16.3 Å². The summed E-state index contributed by atoms with van der Waals surface area (Å²) >= 11 is 6.24. The molecule has 0 heterocycles. The van der Waals surface area contributed by atoms with Gasteiger partial charge in [0, 0.05) is 17.1 Å². The van der Waals surface area contributed by atoms with Crippen molar-refractivity contribution in [3.8, 4) is 0 Å². The fourth-order valence-corrected chi connectivity index (χ4v) is 4.35. The molecule has 0 unspecified atom stereocenters. The Labute approximate surface area is 183 Å². The van der Waals surface area contributed by atoms with E-state index in [1.54, 1.807) is 18.2 Å². The van der Waals surface area contributed by atoms with Gasteiger partial charge in [-0.15, -0.1) is 0 Å². The molecule has 0 atom stereocenters. The molecule has 162 valence electrons.